The second-order valence-electron chi connectivity index (χ2n) is 26.0. The first kappa shape index (κ1) is 89.9. The van der Waals surface area contributed by atoms with Crippen LogP contribution in [0.1, 0.15) is 96.4 Å². The van der Waals surface area contributed by atoms with Crippen LogP contribution in [0.3, 0.4) is 0 Å². The lowest BCUT2D eigenvalue weighted by Gasteiger charge is -2.33. The highest BCUT2D eigenvalue weighted by molar-refractivity contribution is 8.14. The fourth-order valence-corrected chi connectivity index (χ4v) is 13.6. The number of ether oxygens (including phenoxy) is 10. The maximum absolute atomic E-state index is 12.7. The zero-order valence-electron chi connectivity index (χ0n) is 63.4. The Bertz CT molecular complexity index is 3640. The molecule has 0 aliphatic rings. The summed E-state index contributed by atoms with van der Waals surface area (Å²) in [7, 11) is 22.9. The van der Waals surface area contributed by atoms with Gasteiger partial charge in [-0.25, -0.2) is 9.36 Å². The highest BCUT2D eigenvalue weighted by Crippen LogP contribution is 2.27. The van der Waals surface area contributed by atoms with E-state index in [1.165, 1.54) is 47.0 Å². The summed E-state index contributed by atoms with van der Waals surface area (Å²) in [5.74, 6) is 0. The van der Waals surface area contributed by atoms with E-state index in [0.717, 1.165) is 77.5 Å². The van der Waals surface area contributed by atoms with Crippen molar-refractivity contribution in [3.63, 3.8) is 0 Å². The van der Waals surface area contributed by atoms with Crippen LogP contribution in [0, 0.1) is 5.41 Å². The van der Waals surface area contributed by atoms with Crippen LogP contribution in [0.4, 0.5) is 0 Å². The monoisotopic (exact) mass is 1590 g/mol. The molecule has 0 spiro atoms. The van der Waals surface area contributed by atoms with E-state index >= 15 is 0 Å². The molecule has 34 heteroatoms. The van der Waals surface area contributed by atoms with Gasteiger partial charge in [0.05, 0.1) is 165 Å². The number of benzene rings is 4. The number of nitrogens with zero attached hydrogens (tertiary/aromatic N) is 12. The average molecular weight is 1590 g/mol. The first-order valence-corrected chi connectivity index (χ1v) is 41.0. The molecule has 4 aromatic carbocycles. The SMILES string of the molecule is [B]Cc1ccc(SC(=O)CCc2cn(CCCOCCOCCCOCC(COCCCOCCOCCCn3cc(CCC(=O)Sc4ccc(C[B])cc4)nn3)(COCCOCCn3cc(CCC(=O)Sc4ccc(C[B])cc4)nn3)COCCOCCn3cc(CCC(=O)Sc4ccc(C[B])cc4)nn3)nn2)cc1. The van der Waals surface area contributed by atoms with Crippen LogP contribution in [0.2, 0.25) is 0 Å². The summed E-state index contributed by atoms with van der Waals surface area (Å²) in [6.07, 6.45) is 15.3. The van der Waals surface area contributed by atoms with Crippen LogP contribution in [0.5, 0.6) is 0 Å². The molecular weight excluding hydrogens is 1490 g/mol. The fourth-order valence-electron chi connectivity index (χ4n) is 10.7. The number of hydrogen-bond donors (Lipinski definition) is 0. The maximum Gasteiger partial charge on any atom is 0.194 e. The third-order valence-corrected chi connectivity index (χ3v) is 20.6. The second kappa shape index (κ2) is 54.2. The molecule has 111 heavy (non-hydrogen) atoms. The molecule has 8 rings (SSSR count). The molecule has 8 radical (unpaired) electrons. The summed E-state index contributed by atoms with van der Waals surface area (Å²) in [5.41, 5.74) is 6.31. The molecule has 0 N–H and O–H groups in total. The number of aromatic nitrogens is 12. The molecule has 0 aliphatic carbocycles. The minimum Gasteiger partial charge on any atom is -0.381 e. The summed E-state index contributed by atoms with van der Waals surface area (Å²) in [5, 5.41) is 34.2. The second-order valence-corrected chi connectivity index (χ2v) is 30.5. The Morgan fingerprint density at radius 2 is 0.514 bits per heavy atom. The third kappa shape index (κ3) is 37.9. The van der Waals surface area contributed by atoms with Gasteiger partial charge in [-0.3, -0.25) is 28.5 Å². The molecule has 8 aromatic rings. The average Bonchev–Trinajstić information content (AvgIpc) is 1.82. The lowest BCUT2D eigenvalue weighted by atomic mass is 9.92. The van der Waals surface area contributed by atoms with Crippen molar-refractivity contribution < 1.29 is 66.5 Å². The summed E-state index contributed by atoms with van der Waals surface area (Å²) < 4.78 is 68.2. The number of aryl methyl sites for hydroxylation is 6. The van der Waals surface area contributed by atoms with Crippen molar-refractivity contribution in [3.8, 4) is 0 Å². The number of hydrogen-bond acceptors (Lipinski definition) is 26. The summed E-state index contributed by atoms with van der Waals surface area (Å²) in [4.78, 5) is 54.2. The van der Waals surface area contributed by atoms with E-state index in [4.69, 9.17) is 78.8 Å². The van der Waals surface area contributed by atoms with Crippen molar-refractivity contribution in [1.82, 2.24) is 60.0 Å². The van der Waals surface area contributed by atoms with E-state index in [9.17, 15) is 19.2 Å². The van der Waals surface area contributed by atoms with Crippen molar-refractivity contribution in [2.24, 2.45) is 5.41 Å². The van der Waals surface area contributed by atoms with E-state index in [1.54, 1.807) is 18.7 Å². The van der Waals surface area contributed by atoms with Crippen molar-refractivity contribution in [2.75, 3.05) is 132 Å². The first-order chi connectivity index (χ1) is 54.4. The molecule has 0 bridgehead atoms. The highest BCUT2D eigenvalue weighted by Gasteiger charge is 2.33. The van der Waals surface area contributed by atoms with Gasteiger partial charge in [0.2, 0.25) is 0 Å². The van der Waals surface area contributed by atoms with E-state index < -0.39 is 5.41 Å². The molecule has 588 valence electrons. The molecule has 0 fully saturated rings. The Morgan fingerprint density at radius 3 is 0.784 bits per heavy atom. The van der Waals surface area contributed by atoms with Gasteiger partial charge in [-0.15, -0.1) is 20.4 Å². The largest absolute Gasteiger partial charge is 0.381 e. The molecule has 0 unspecified atom stereocenters. The number of carbonyl (C=O) groups excluding carboxylic acids is 4. The van der Waals surface area contributed by atoms with Crippen molar-refractivity contribution in [1.29, 1.82) is 0 Å². The van der Waals surface area contributed by atoms with Gasteiger partial charge in [0.15, 0.2) is 20.5 Å². The van der Waals surface area contributed by atoms with Gasteiger partial charge in [0.1, 0.15) is 0 Å². The van der Waals surface area contributed by atoms with Crippen molar-refractivity contribution >= 4 is 98.9 Å². The maximum atomic E-state index is 12.7. The van der Waals surface area contributed by atoms with Crippen LogP contribution >= 0.6 is 47.0 Å². The Morgan fingerprint density at radius 1 is 0.288 bits per heavy atom. The van der Waals surface area contributed by atoms with Gasteiger partial charge >= 0.3 is 0 Å². The topological polar surface area (TPSA) is 283 Å². The van der Waals surface area contributed by atoms with Crippen LogP contribution < -0.4 is 0 Å². The Labute approximate surface area is 673 Å². The van der Waals surface area contributed by atoms with Gasteiger partial charge < -0.3 is 47.4 Å². The normalized spacial score (nSPS) is 11.7. The summed E-state index contributed by atoms with van der Waals surface area (Å²) >= 11 is 4.85. The molecule has 0 atom stereocenters. The van der Waals surface area contributed by atoms with Crippen LogP contribution in [-0.2, 0) is 144 Å². The zero-order chi connectivity index (χ0) is 78.0. The van der Waals surface area contributed by atoms with E-state index in [0.29, 0.717) is 208 Å². The van der Waals surface area contributed by atoms with Gasteiger partial charge in [-0.1, -0.05) is 164 Å². The molecule has 4 aromatic heterocycles. The lowest BCUT2D eigenvalue weighted by Crippen LogP contribution is -2.42. The predicted molar refractivity (Wildman–Crippen MR) is 430 cm³/mol. The Hall–Kier alpha value is -6.62. The van der Waals surface area contributed by atoms with Crippen molar-refractivity contribution in [2.45, 2.75) is 148 Å². The van der Waals surface area contributed by atoms with E-state index in [2.05, 4.69) is 41.2 Å². The Kier molecular flexibility index (Phi) is 43.9. The molecule has 0 aliphatic heterocycles. The number of thioether (sulfide) groups is 4. The van der Waals surface area contributed by atoms with Gasteiger partial charge in [-0.2, -0.15) is 0 Å². The standard InChI is InChI=1S/C77H100B4N12O14S4/c78-49-61-5-17-69(18-6-61)108-73(94)25-13-65-53-90(86-82-65)29-1-33-98-41-43-100-35-3-37-104-57-77(59-106-47-45-102-39-31-92-55-67(84-88-92)15-27-75(96)110-71-21-9-63(51-80)10-22-71,60-107-48-46-103-40-32-93-56-68(85-89-93)16-28-76(97)111-72-23-11-64(52-81)12-24-72)58-105-38-4-36-101-44-42-99-34-2-30-91-54-66(83-87-91)14-26-74(95)109-70-19-7-62(50-79)8-20-70/h5-12,17-24,53-56H,1-4,13-16,25-52,57-60H2. The predicted octanol–water partition coefficient (Wildman–Crippen LogP) is 8.55. The minimum absolute atomic E-state index is 0.0433. The quantitative estimate of drug-likeness (QED) is 0.0196. The van der Waals surface area contributed by atoms with Gasteiger partial charge in [0, 0.05) is 148 Å². The zero-order valence-corrected chi connectivity index (χ0v) is 66.6. The van der Waals surface area contributed by atoms with E-state index in [1.807, 2.05) is 122 Å². The highest BCUT2D eigenvalue weighted by atomic mass is 32.2. The fraction of sp³-hybridized carbons (Fsp3) is 0.532. The van der Waals surface area contributed by atoms with E-state index in [-0.39, 0.29) is 60.1 Å². The Balaban J connectivity index is 0.757. The molecule has 0 amide bonds. The van der Waals surface area contributed by atoms with Crippen LogP contribution in [-0.4, -0.2) is 244 Å². The van der Waals surface area contributed by atoms with Gasteiger partial charge in [0.25, 0.3) is 0 Å². The molecule has 26 nitrogen and oxygen atoms in total. The first-order valence-electron chi connectivity index (χ1n) is 37.7. The van der Waals surface area contributed by atoms with Gasteiger partial charge in [-0.05, 0) is 74.2 Å². The number of rotatable bonds is 62. The molecule has 0 saturated heterocycles. The third-order valence-electron chi connectivity index (χ3n) is 16.8. The summed E-state index contributed by atoms with van der Waals surface area (Å²) in [6, 6.07) is 30.7. The van der Waals surface area contributed by atoms with Crippen LogP contribution in [0.15, 0.2) is 141 Å². The van der Waals surface area contributed by atoms with Crippen molar-refractivity contribution in [3.05, 3.63) is 167 Å². The summed E-state index contributed by atoms with van der Waals surface area (Å²) in [6.45, 7) is 9.58. The molecule has 4 heterocycles. The molecule has 0 saturated carbocycles. The number of carbonyl (C=O) groups is 4. The smallest absolute Gasteiger partial charge is 0.194 e. The van der Waals surface area contributed by atoms with Crippen LogP contribution in [0.25, 0.3) is 0 Å². The minimum atomic E-state index is -0.739. The molecular formula is C77H100B4N12O14S4. The lowest BCUT2D eigenvalue weighted by molar-refractivity contribution is -0.117.